The van der Waals surface area contributed by atoms with Gasteiger partial charge in [-0.25, -0.2) is 0 Å². The fourth-order valence-corrected chi connectivity index (χ4v) is 11.3. The predicted molar refractivity (Wildman–Crippen MR) is 287 cm³/mol. The molecule has 3 unspecified atom stereocenters. The molecular weight excluding hydrogens is 819 g/mol. The second-order valence-electron chi connectivity index (χ2n) is 20.5. The van der Waals surface area contributed by atoms with E-state index in [1.165, 1.54) is 83.6 Å². The molecule has 7 rings (SSSR count). The van der Waals surface area contributed by atoms with Crippen molar-refractivity contribution in [3.8, 4) is 0 Å². The molecule has 5 heteroatoms. The lowest BCUT2D eigenvalue weighted by molar-refractivity contribution is -0.166. The van der Waals surface area contributed by atoms with Gasteiger partial charge in [0.25, 0.3) is 0 Å². The lowest BCUT2D eigenvalue weighted by Crippen LogP contribution is -2.44. The van der Waals surface area contributed by atoms with E-state index in [0.29, 0.717) is 0 Å². The predicted octanol–water partition coefficient (Wildman–Crippen LogP) is 16.7. The fraction of sp³-hybridized carbons (Fsp3) is 0.435. The van der Waals surface area contributed by atoms with Crippen LogP contribution in [0.3, 0.4) is 0 Å². The highest BCUT2D eigenvalue weighted by molar-refractivity contribution is 5.97. The molecule has 6 aromatic carbocycles. The van der Waals surface area contributed by atoms with E-state index in [0.717, 1.165) is 70.1 Å². The number of ether oxygens (including phenoxy) is 1. The standard InChI is InChI=1S/C62H79N3O2/c1-13-34-62(12,41(4)5)61(66)67-57-23-19-18-22-56(57)63-55-33-32-54(52-20-16-17-21-53(52)55)58(48-24-28-50(29-25-48)64(35-14-2)59-44(8)37-42(6)38-45(59)9)49-26-30-51(31-27-49)65(36-15-3)60-46(10)39-43(7)40-47(60)11/h16-17,20-21,24-33,37-41,56-58,63H,13-15,18-19,22-23,34-36H2,1-12H3. The van der Waals surface area contributed by atoms with Crippen LogP contribution in [0.5, 0.6) is 0 Å². The van der Waals surface area contributed by atoms with Crippen molar-refractivity contribution in [2.45, 2.75) is 153 Å². The van der Waals surface area contributed by atoms with E-state index in [1.807, 2.05) is 0 Å². The minimum atomic E-state index is -0.490. The summed E-state index contributed by atoms with van der Waals surface area (Å²) in [5.41, 5.74) is 17.3. The number of esters is 1. The Bertz CT molecular complexity index is 2470. The van der Waals surface area contributed by atoms with Crippen LogP contribution in [0.25, 0.3) is 10.8 Å². The van der Waals surface area contributed by atoms with Gasteiger partial charge in [-0.05, 0) is 168 Å². The largest absolute Gasteiger partial charge is 0.460 e. The third-order valence-corrected chi connectivity index (χ3v) is 14.9. The number of hydrogen-bond donors (Lipinski definition) is 1. The molecule has 354 valence electrons. The summed E-state index contributed by atoms with van der Waals surface area (Å²) in [6.45, 7) is 28.3. The van der Waals surface area contributed by atoms with E-state index < -0.39 is 5.41 Å². The highest BCUT2D eigenvalue weighted by atomic mass is 16.5. The molecule has 6 aromatic rings. The highest BCUT2D eigenvalue weighted by Crippen LogP contribution is 2.43. The highest BCUT2D eigenvalue weighted by Gasteiger charge is 2.40. The Kier molecular flexibility index (Phi) is 15.9. The number of rotatable bonds is 18. The first-order chi connectivity index (χ1) is 32.2. The second-order valence-corrected chi connectivity index (χ2v) is 20.5. The number of hydrogen-bond acceptors (Lipinski definition) is 5. The minimum Gasteiger partial charge on any atom is -0.460 e. The number of fused-ring (bicyclic) bond motifs is 1. The zero-order valence-electron chi connectivity index (χ0n) is 43.0. The lowest BCUT2D eigenvalue weighted by Gasteiger charge is -2.37. The van der Waals surface area contributed by atoms with Gasteiger partial charge in [-0.2, -0.15) is 0 Å². The van der Waals surface area contributed by atoms with Gasteiger partial charge in [0.05, 0.1) is 11.5 Å². The van der Waals surface area contributed by atoms with Crippen molar-refractivity contribution in [1.29, 1.82) is 0 Å². The summed E-state index contributed by atoms with van der Waals surface area (Å²) in [6.07, 6.45) is 7.75. The van der Waals surface area contributed by atoms with Gasteiger partial charge >= 0.3 is 5.97 Å². The molecule has 0 amide bonds. The molecule has 0 spiro atoms. The van der Waals surface area contributed by atoms with Gasteiger partial charge in [-0.3, -0.25) is 4.79 Å². The van der Waals surface area contributed by atoms with Crippen molar-refractivity contribution in [2.24, 2.45) is 11.3 Å². The van der Waals surface area contributed by atoms with Gasteiger partial charge in [0, 0.05) is 52.8 Å². The molecule has 1 N–H and O–H groups in total. The molecule has 1 fully saturated rings. The van der Waals surface area contributed by atoms with Crippen molar-refractivity contribution < 1.29 is 9.53 Å². The van der Waals surface area contributed by atoms with E-state index in [4.69, 9.17) is 4.74 Å². The molecular formula is C62H79N3O2. The number of aryl methyl sites for hydroxylation is 6. The summed E-state index contributed by atoms with van der Waals surface area (Å²) in [4.78, 5) is 18.9. The van der Waals surface area contributed by atoms with Crippen molar-refractivity contribution in [1.82, 2.24) is 0 Å². The van der Waals surface area contributed by atoms with Crippen LogP contribution in [0.1, 0.15) is 149 Å². The summed E-state index contributed by atoms with van der Waals surface area (Å²) >= 11 is 0. The molecule has 0 aliphatic heterocycles. The number of benzene rings is 6. The Hall–Kier alpha value is -5.55. The number of carbonyl (C=O) groups excluding carboxylic acids is 1. The maximum absolute atomic E-state index is 13.9. The van der Waals surface area contributed by atoms with E-state index in [2.05, 4.69) is 207 Å². The summed E-state index contributed by atoms with van der Waals surface area (Å²) in [6, 6.07) is 41.6. The van der Waals surface area contributed by atoms with E-state index >= 15 is 0 Å². The zero-order chi connectivity index (χ0) is 48.0. The summed E-state index contributed by atoms with van der Waals surface area (Å²) in [7, 11) is 0. The third kappa shape index (κ3) is 10.6. The topological polar surface area (TPSA) is 44.8 Å². The summed E-state index contributed by atoms with van der Waals surface area (Å²) in [5.74, 6) is 0.134. The first-order valence-electron chi connectivity index (χ1n) is 25.6. The van der Waals surface area contributed by atoms with Crippen LogP contribution in [-0.2, 0) is 9.53 Å². The van der Waals surface area contributed by atoms with Crippen LogP contribution >= 0.6 is 0 Å². The molecule has 1 saturated carbocycles. The molecule has 0 aromatic heterocycles. The van der Waals surface area contributed by atoms with E-state index in [-0.39, 0.29) is 30.0 Å². The smallest absolute Gasteiger partial charge is 0.312 e. The van der Waals surface area contributed by atoms with E-state index in [1.54, 1.807) is 0 Å². The molecule has 67 heavy (non-hydrogen) atoms. The van der Waals surface area contributed by atoms with Crippen LogP contribution in [-0.4, -0.2) is 31.2 Å². The van der Waals surface area contributed by atoms with Gasteiger partial charge in [-0.1, -0.05) is 137 Å². The van der Waals surface area contributed by atoms with Crippen molar-refractivity contribution in [3.63, 3.8) is 0 Å². The summed E-state index contributed by atoms with van der Waals surface area (Å²) in [5, 5.41) is 6.38. The van der Waals surface area contributed by atoms with Crippen molar-refractivity contribution in [3.05, 3.63) is 159 Å². The number of nitrogens with one attached hydrogen (secondary N) is 1. The Labute approximate surface area is 404 Å². The van der Waals surface area contributed by atoms with Crippen LogP contribution in [0.15, 0.2) is 109 Å². The maximum Gasteiger partial charge on any atom is 0.312 e. The third-order valence-electron chi connectivity index (χ3n) is 14.9. The minimum absolute atomic E-state index is 0.0253. The molecule has 0 bridgehead atoms. The van der Waals surface area contributed by atoms with Crippen molar-refractivity contribution >= 4 is 45.2 Å². The number of carbonyl (C=O) groups is 1. The molecule has 0 saturated heterocycles. The van der Waals surface area contributed by atoms with Crippen LogP contribution in [0.2, 0.25) is 0 Å². The average Bonchev–Trinajstić information content (AvgIpc) is 3.29. The summed E-state index contributed by atoms with van der Waals surface area (Å²) < 4.78 is 6.51. The molecule has 3 atom stereocenters. The first kappa shape index (κ1) is 49.4. The Morgan fingerprint density at radius 2 is 1.12 bits per heavy atom. The maximum atomic E-state index is 13.9. The monoisotopic (exact) mass is 898 g/mol. The van der Waals surface area contributed by atoms with Crippen molar-refractivity contribution in [2.75, 3.05) is 28.2 Å². The Morgan fingerprint density at radius 1 is 0.642 bits per heavy atom. The second kappa shape index (κ2) is 21.6. The molecule has 0 radical (unpaired) electrons. The lowest BCUT2D eigenvalue weighted by atomic mass is 9.75. The van der Waals surface area contributed by atoms with Crippen LogP contribution in [0, 0.1) is 52.9 Å². The fourth-order valence-electron chi connectivity index (χ4n) is 11.3. The SMILES string of the molecule is CCCN(c1ccc(C(c2ccc(N(CCC)c3c(C)cc(C)cc3C)cc2)c2ccc(NC3CCCCC3OC(=O)C(C)(CCC)C(C)C)c3ccccc23)cc1)c1c(C)cc(C)cc1C. The first-order valence-corrected chi connectivity index (χ1v) is 25.6. The number of nitrogens with zero attached hydrogens (tertiary/aromatic N) is 2. The average molecular weight is 898 g/mol. The normalized spacial score (nSPS) is 16.0. The van der Waals surface area contributed by atoms with Crippen LogP contribution in [0.4, 0.5) is 28.4 Å². The van der Waals surface area contributed by atoms with Crippen LogP contribution < -0.4 is 15.1 Å². The number of anilines is 5. The van der Waals surface area contributed by atoms with Gasteiger partial charge in [-0.15, -0.1) is 0 Å². The van der Waals surface area contributed by atoms with E-state index in [9.17, 15) is 4.79 Å². The molecule has 5 nitrogen and oxygen atoms in total. The zero-order valence-corrected chi connectivity index (χ0v) is 43.0. The quantitative estimate of drug-likeness (QED) is 0.0688. The van der Waals surface area contributed by atoms with Gasteiger partial charge in [0.1, 0.15) is 6.10 Å². The molecule has 0 heterocycles. The van der Waals surface area contributed by atoms with Gasteiger partial charge in [0.15, 0.2) is 0 Å². The van der Waals surface area contributed by atoms with Gasteiger partial charge in [0.2, 0.25) is 0 Å². The Balaban J connectivity index is 1.31. The molecule has 1 aliphatic rings. The van der Waals surface area contributed by atoms with Gasteiger partial charge < -0.3 is 19.9 Å². The Morgan fingerprint density at radius 3 is 1.58 bits per heavy atom. The molecule has 1 aliphatic carbocycles.